The van der Waals surface area contributed by atoms with E-state index in [1.807, 2.05) is 25.1 Å². The summed E-state index contributed by atoms with van der Waals surface area (Å²) in [5.74, 6) is 1.13. The van der Waals surface area contributed by atoms with Gasteiger partial charge in [0, 0.05) is 44.2 Å². The van der Waals surface area contributed by atoms with E-state index in [1.165, 1.54) is 5.56 Å². The molecule has 4 rings (SSSR count). The molecule has 1 aromatic heterocycles. The fourth-order valence-corrected chi connectivity index (χ4v) is 5.12. The predicted molar refractivity (Wildman–Crippen MR) is 114 cm³/mol. The molecule has 0 N–H and O–H groups in total. The van der Waals surface area contributed by atoms with Crippen molar-refractivity contribution in [3.05, 3.63) is 54.0 Å². The highest BCUT2D eigenvalue weighted by Crippen LogP contribution is 2.44. The number of ether oxygens (including phenoxy) is 2. The highest BCUT2D eigenvalue weighted by atomic mass is 16.5. The first-order valence-electron chi connectivity index (χ1n) is 10.9. The van der Waals surface area contributed by atoms with Gasteiger partial charge < -0.3 is 13.9 Å². The second kappa shape index (κ2) is 9.23. The molecule has 1 aromatic carbocycles. The third kappa shape index (κ3) is 4.40. The molecule has 6 heteroatoms. The molecule has 2 saturated heterocycles. The number of carbonyl (C=O) groups excluding carboxylic acids is 1. The fourth-order valence-electron chi connectivity index (χ4n) is 5.12. The average Bonchev–Trinajstić information content (AvgIpc) is 3.34. The number of esters is 1. The topological polar surface area (TPSA) is 55.1 Å². The minimum absolute atomic E-state index is 0.0176. The zero-order chi connectivity index (χ0) is 21.0. The molecule has 0 saturated carbocycles. The van der Waals surface area contributed by atoms with Gasteiger partial charge in [0.15, 0.2) is 0 Å². The van der Waals surface area contributed by atoms with Crippen LogP contribution in [0.15, 0.2) is 47.3 Å². The zero-order valence-corrected chi connectivity index (χ0v) is 18.0. The summed E-state index contributed by atoms with van der Waals surface area (Å²) in [7, 11) is 1.69. The number of furan rings is 1. The highest BCUT2D eigenvalue weighted by Gasteiger charge is 2.53. The van der Waals surface area contributed by atoms with Crippen LogP contribution < -0.4 is 4.74 Å². The van der Waals surface area contributed by atoms with Crippen LogP contribution in [-0.4, -0.2) is 55.7 Å². The van der Waals surface area contributed by atoms with Crippen molar-refractivity contribution in [1.82, 2.24) is 9.80 Å². The molecule has 30 heavy (non-hydrogen) atoms. The van der Waals surface area contributed by atoms with Crippen molar-refractivity contribution in [2.24, 2.45) is 11.3 Å². The molecule has 0 radical (unpaired) electrons. The van der Waals surface area contributed by atoms with Crippen LogP contribution in [0.4, 0.5) is 0 Å². The van der Waals surface area contributed by atoms with Gasteiger partial charge in [0.2, 0.25) is 0 Å². The molecule has 0 aliphatic carbocycles. The minimum atomic E-state index is -0.408. The molecule has 0 amide bonds. The molecule has 0 unspecified atom stereocenters. The van der Waals surface area contributed by atoms with E-state index in [-0.39, 0.29) is 11.9 Å². The lowest BCUT2D eigenvalue weighted by molar-refractivity contribution is -0.157. The van der Waals surface area contributed by atoms with Gasteiger partial charge in [-0.25, -0.2) is 0 Å². The summed E-state index contributed by atoms with van der Waals surface area (Å²) >= 11 is 0. The largest absolute Gasteiger partial charge is 0.497 e. The Bertz CT molecular complexity index is 820. The summed E-state index contributed by atoms with van der Waals surface area (Å²) in [6.07, 6.45) is 5.39. The summed E-state index contributed by atoms with van der Waals surface area (Å²) in [6, 6.07) is 10.3. The van der Waals surface area contributed by atoms with Gasteiger partial charge in [-0.05, 0) is 50.1 Å². The molecule has 2 aliphatic heterocycles. The van der Waals surface area contributed by atoms with Gasteiger partial charge in [0.05, 0.1) is 31.7 Å². The van der Waals surface area contributed by atoms with Gasteiger partial charge >= 0.3 is 5.97 Å². The molecular formula is C24H32N2O4. The van der Waals surface area contributed by atoms with Crippen molar-refractivity contribution in [3.63, 3.8) is 0 Å². The number of benzene rings is 1. The highest BCUT2D eigenvalue weighted by molar-refractivity contribution is 5.78. The zero-order valence-electron chi connectivity index (χ0n) is 18.0. The number of rotatable bonds is 7. The van der Waals surface area contributed by atoms with E-state index in [0.717, 1.165) is 63.4 Å². The third-order valence-corrected chi connectivity index (χ3v) is 6.58. The van der Waals surface area contributed by atoms with Crippen LogP contribution in [0.25, 0.3) is 0 Å². The summed E-state index contributed by atoms with van der Waals surface area (Å²) in [6.45, 7) is 7.62. The molecular weight excluding hydrogens is 380 g/mol. The number of carbonyl (C=O) groups is 1. The normalized spacial score (nSPS) is 24.9. The third-order valence-electron chi connectivity index (χ3n) is 6.58. The van der Waals surface area contributed by atoms with E-state index in [1.54, 1.807) is 19.6 Å². The Morgan fingerprint density at radius 1 is 1.13 bits per heavy atom. The molecule has 0 spiro atoms. The van der Waals surface area contributed by atoms with E-state index in [2.05, 4.69) is 21.9 Å². The van der Waals surface area contributed by atoms with Crippen molar-refractivity contribution < 1.29 is 18.7 Å². The maximum atomic E-state index is 13.1. The molecule has 2 aliphatic rings. The summed E-state index contributed by atoms with van der Waals surface area (Å²) < 4.78 is 16.1. The summed E-state index contributed by atoms with van der Waals surface area (Å²) in [4.78, 5) is 18.0. The lowest BCUT2D eigenvalue weighted by Crippen LogP contribution is -2.42. The monoisotopic (exact) mass is 412 g/mol. The van der Waals surface area contributed by atoms with E-state index in [0.29, 0.717) is 6.61 Å². The van der Waals surface area contributed by atoms with Crippen LogP contribution >= 0.6 is 0 Å². The molecule has 2 aromatic rings. The number of hydrogen-bond donors (Lipinski definition) is 0. The Morgan fingerprint density at radius 2 is 1.90 bits per heavy atom. The number of nitrogens with zero attached hydrogens (tertiary/aromatic N) is 2. The Morgan fingerprint density at radius 3 is 2.60 bits per heavy atom. The number of fused-ring (bicyclic) bond motifs is 1. The first-order chi connectivity index (χ1) is 14.6. The minimum Gasteiger partial charge on any atom is -0.497 e. The van der Waals surface area contributed by atoms with Gasteiger partial charge in [-0.15, -0.1) is 0 Å². The first-order valence-corrected chi connectivity index (χ1v) is 10.9. The van der Waals surface area contributed by atoms with Crippen molar-refractivity contribution in [1.29, 1.82) is 0 Å². The maximum absolute atomic E-state index is 13.1. The standard InChI is InChI=1S/C24H32N2O4/c1-3-30-23(27)24-10-4-11-25(13-19-5-7-22(28-2)8-6-19)15-21(24)16-26(18-24)14-20-9-12-29-17-20/h5-9,12,17,21H,3-4,10-11,13-16,18H2,1-2H3/t21-,24-/m1/s1. The molecule has 0 bridgehead atoms. The summed E-state index contributed by atoms with van der Waals surface area (Å²) in [5, 5.41) is 0. The molecule has 2 fully saturated rings. The molecule has 162 valence electrons. The van der Waals surface area contributed by atoms with Crippen LogP contribution in [0.1, 0.15) is 30.9 Å². The van der Waals surface area contributed by atoms with Crippen LogP contribution in [0.2, 0.25) is 0 Å². The molecule has 3 heterocycles. The fraction of sp³-hybridized carbons (Fsp3) is 0.542. The van der Waals surface area contributed by atoms with E-state index in [4.69, 9.17) is 13.9 Å². The van der Waals surface area contributed by atoms with Crippen LogP contribution in [0.5, 0.6) is 5.75 Å². The first kappa shape index (κ1) is 20.9. The van der Waals surface area contributed by atoms with Gasteiger partial charge in [-0.3, -0.25) is 14.6 Å². The Labute approximate surface area is 178 Å². The lowest BCUT2D eigenvalue weighted by atomic mass is 9.75. The molecule has 6 nitrogen and oxygen atoms in total. The van der Waals surface area contributed by atoms with Crippen molar-refractivity contribution in [2.45, 2.75) is 32.9 Å². The van der Waals surface area contributed by atoms with Gasteiger partial charge in [-0.2, -0.15) is 0 Å². The average molecular weight is 413 g/mol. The SMILES string of the molecule is CCOC(=O)[C@@]12CCCN(Cc3ccc(OC)cc3)C[C@@H]1CN(Cc1ccoc1)C2. The number of likely N-dealkylation sites (tertiary alicyclic amines) is 2. The van der Waals surface area contributed by atoms with E-state index < -0.39 is 5.41 Å². The maximum Gasteiger partial charge on any atom is 0.313 e. The van der Waals surface area contributed by atoms with Gasteiger partial charge in [-0.1, -0.05) is 12.1 Å². The predicted octanol–water partition coefficient (Wildman–Crippen LogP) is 3.57. The smallest absolute Gasteiger partial charge is 0.313 e. The van der Waals surface area contributed by atoms with Crippen molar-refractivity contribution in [3.8, 4) is 5.75 Å². The van der Waals surface area contributed by atoms with Crippen LogP contribution in [0, 0.1) is 11.3 Å². The van der Waals surface area contributed by atoms with E-state index in [9.17, 15) is 4.79 Å². The molecule has 2 atom stereocenters. The Hall–Kier alpha value is -2.31. The van der Waals surface area contributed by atoms with Crippen LogP contribution in [0.3, 0.4) is 0 Å². The number of hydrogen-bond acceptors (Lipinski definition) is 6. The number of methoxy groups -OCH3 is 1. The Balaban J connectivity index is 1.50. The lowest BCUT2D eigenvalue weighted by Gasteiger charge is -2.31. The van der Waals surface area contributed by atoms with Crippen molar-refractivity contribution >= 4 is 5.97 Å². The van der Waals surface area contributed by atoms with Gasteiger partial charge in [0.1, 0.15) is 5.75 Å². The Kier molecular flexibility index (Phi) is 6.44. The second-order valence-electron chi connectivity index (χ2n) is 8.56. The van der Waals surface area contributed by atoms with E-state index >= 15 is 0 Å². The summed E-state index contributed by atoms with van der Waals surface area (Å²) in [5.41, 5.74) is 2.02. The van der Waals surface area contributed by atoms with Crippen molar-refractivity contribution in [2.75, 3.05) is 39.9 Å². The quantitative estimate of drug-likeness (QED) is 0.648. The van der Waals surface area contributed by atoms with Crippen LogP contribution in [-0.2, 0) is 22.6 Å². The van der Waals surface area contributed by atoms with Gasteiger partial charge in [0.25, 0.3) is 0 Å². The second-order valence-corrected chi connectivity index (χ2v) is 8.56.